The predicted octanol–water partition coefficient (Wildman–Crippen LogP) is 2.70. The number of benzene rings is 1. The Hall–Kier alpha value is -1.76. The van der Waals surface area contributed by atoms with Crippen molar-refractivity contribution in [1.29, 1.82) is 0 Å². The normalized spacial score (nSPS) is 16.3. The summed E-state index contributed by atoms with van der Waals surface area (Å²) in [7, 11) is 0.0182. The highest BCUT2D eigenvalue weighted by molar-refractivity contribution is 7.92. The topological polar surface area (TPSA) is 72.9 Å². The van der Waals surface area contributed by atoms with Crippen LogP contribution in [0, 0.1) is 5.92 Å². The van der Waals surface area contributed by atoms with Crippen LogP contribution in [0.4, 0.5) is 0 Å². The zero-order chi connectivity index (χ0) is 20.2. The number of carbonyl (C=O) groups excluding carboxylic acids is 1. The van der Waals surface area contributed by atoms with E-state index in [4.69, 9.17) is 9.47 Å². The molecule has 1 saturated heterocycles. The van der Waals surface area contributed by atoms with Crippen molar-refractivity contribution < 1.29 is 22.7 Å². The molecule has 0 saturated carbocycles. The fraction of sp³-hybridized carbons (Fsp3) is 0.650. The highest BCUT2D eigenvalue weighted by atomic mass is 32.2. The number of carbonyl (C=O) groups is 1. The van der Waals surface area contributed by atoms with E-state index in [9.17, 15) is 13.2 Å². The van der Waals surface area contributed by atoms with Gasteiger partial charge in [0.05, 0.1) is 31.1 Å². The summed E-state index contributed by atoms with van der Waals surface area (Å²) < 4.78 is 34.5. The van der Waals surface area contributed by atoms with E-state index < -0.39 is 14.6 Å². The monoisotopic (exact) mass is 397 g/mol. The second-order valence-electron chi connectivity index (χ2n) is 8.08. The van der Waals surface area contributed by atoms with E-state index in [1.807, 2.05) is 17.0 Å². The first-order valence-electron chi connectivity index (χ1n) is 9.28. The van der Waals surface area contributed by atoms with E-state index in [0.717, 1.165) is 18.4 Å². The second-order valence-corrected chi connectivity index (χ2v) is 10.9. The summed E-state index contributed by atoms with van der Waals surface area (Å²) in [6.07, 6.45) is 1.76. The van der Waals surface area contributed by atoms with Gasteiger partial charge in [0.25, 0.3) is 0 Å². The summed E-state index contributed by atoms with van der Waals surface area (Å²) in [5.41, 5.74) is 0.870. The average molecular weight is 398 g/mol. The van der Waals surface area contributed by atoms with E-state index in [1.54, 1.807) is 41.1 Å². The maximum Gasteiger partial charge on any atom is 0.226 e. The van der Waals surface area contributed by atoms with Crippen molar-refractivity contribution in [3.8, 4) is 11.5 Å². The highest BCUT2D eigenvalue weighted by Crippen LogP contribution is 2.28. The first-order chi connectivity index (χ1) is 12.6. The van der Waals surface area contributed by atoms with Crippen molar-refractivity contribution in [2.75, 3.05) is 33.1 Å². The first kappa shape index (κ1) is 21.5. The zero-order valence-corrected chi connectivity index (χ0v) is 17.8. The van der Waals surface area contributed by atoms with Gasteiger partial charge in [-0.3, -0.25) is 4.79 Å². The molecule has 1 amide bonds. The van der Waals surface area contributed by atoms with Gasteiger partial charge in [-0.05, 0) is 57.2 Å². The molecule has 0 bridgehead atoms. The molecule has 1 fully saturated rings. The molecule has 152 valence electrons. The Morgan fingerprint density at radius 2 is 1.70 bits per heavy atom. The number of sulfone groups is 1. The van der Waals surface area contributed by atoms with Crippen molar-refractivity contribution in [3.05, 3.63) is 23.8 Å². The lowest BCUT2D eigenvalue weighted by Gasteiger charge is -2.33. The van der Waals surface area contributed by atoms with E-state index in [2.05, 4.69) is 0 Å². The molecule has 1 aliphatic rings. The third-order valence-corrected chi connectivity index (χ3v) is 7.93. The van der Waals surface area contributed by atoms with E-state index in [-0.39, 0.29) is 17.6 Å². The van der Waals surface area contributed by atoms with E-state index >= 15 is 0 Å². The van der Waals surface area contributed by atoms with Gasteiger partial charge in [-0.15, -0.1) is 0 Å². The molecule has 0 radical (unpaired) electrons. The standard InChI is InChI=1S/C20H31NO5S/c1-20(2,3)27(23,24)14-15-8-10-21(11-9-15)19(22)13-16-6-7-17(25-4)18(12-16)26-5/h6-7,12,15H,8-11,13-14H2,1-5H3. The fourth-order valence-electron chi connectivity index (χ4n) is 3.19. The van der Waals surface area contributed by atoms with Crippen LogP contribution >= 0.6 is 0 Å². The number of hydrogen-bond donors (Lipinski definition) is 0. The predicted molar refractivity (Wildman–Crippen MR) is 106 cm³/mol. The minimum absolute atomic E-state index is 0.0550. The molecule has 1 aromatic carbocycles. The minimum atomic E-state index is -3.13. The lowest BCUT2D eigenvalue weighted by molar-refractivity contribution is -0.131. The number of amides is 1. The Labute approximate surface area is 162 Å². The number of rotatable bonds is 6. The Kier molecular flexibility index (Phi) is 6.78. The Bertz CT molecular complexity index is 759. The summed E-state index contributed by atoms with van der Waals surface area (Å²) >= 11 is 0. The first-order valence-corrected chi connectivity index (χ1v) is 10.9. The zero-order valence-electron chi connectivity index (χ0n) is 16.9. The molecular formula is C20H31NO5S. The van der Waals surface area contributed by atoms with Gasteiger partial charge in [-0.25, -0.2) is 8.42 Å². The lowest BCUT2D eigenvalue weighted by atomic mass is 9.98. The Morgan fingerprint density at radius 1 is 1.11 bits per heavy atom. The smallest absolute Gasteiger partial charge is 0.226 e. The van der Waals surface area contributed by atoms with Crippen molar-refractivity contribution in [3.63, 3.8) is 0 Å². The number of ether oxygens (including phenoxy) is 2. The van der Waals surface area contributed by atoms with E-state index in [0.29, 0.717) is 31.0 Å². The van der Waals surface area contributed by atoms with Gasteiger partial charge in [-0.1, -0.05) is 6.07 Å². The molecule has 1 heterocycles. The Balaban J connectivity index is 1.92. The molecule has 0 aromatic heterocycles. The van der Waals surface area contributed by atoms with Gasteiger partial charge in [0, 0.05) is 13.1 Å². The van der Waals surface area contributed by atoms with Crippen LogP contribution in [-0.4, -0.2) is 57.0 Å². The summed E-state index contributed by atoms with van der Waals surface area (Å²) in [5, 5.41) is 0. The average Bonchev–Trinajstić information content (AvgIpc) is 2.60. The second kappa shape index (κ2) is 8.50. The van der Waals surface area contributed by atoms with Crippen molar-refractivity contribution in [2.24, 2.45) is 5.92 Å². The maximum absolute atomic E-state index is 12.6. The molecule has 7 heteroatoms. The van der Waals surface area contributed by atoms with Gasteiger partial charge in [0.2, 0.25) is 5.91 Å². The molecule has 0 unspecified atom stereocenters. The summed E-state index contributed by atoms with van der Waals surface area (Å²) in [5.74, 6) is 1.62. The molecule has 1 aliphatic heterocycles. The van der Waals surface area contributed by atoms with Crippen LogP contribution in [0.3, 0.4) is 0 Å². The number of hydrogen-bond acceptors (Lipinski definition) is 5. The number of likely N-dealkylation sites (tertiary alicyclic amines) is 1. The van der Waals surface area contributed by atoms with Crippen LogP contribution in [0.15, 0.2) is 18.2 Å². The van der Waals surface area contributed by atoms with Crippen LogP contribution in [-0.2, 0) is 21.1 Å². The van der Waals surface area contributed by atoms with Gasteiger partial charge in [0.15, 0.2) is 21.3 Å². The van der Waals surface area contributed by atoms with Crippen LogP contribution in [0.5, 0.6) is 11.5 Å². The highest BCUT2D eigenvalue weighted by Gasteiger charge is 2.33. The van der Waals surface area contributed by atoms with Crippen molar-refractivity contribution in [1.82, 2.24) is 4.90 Å². The van der Waals surface area contributed by atoms with Crippen LogP contribution in [0.25, 0.3) is 0 Å². The molecule has 0 N–H and O–H groups in total. The third kappa shape index (κ3) is 5.37. The van der Waals surface area contributed by atoms with Crippen LogP contribution < -0.4 is 9.47 Å². The lowest BCUT2D eigenvalue weighted by Crippen LogP contribution is -2.42. The maximum atomic E-state index is 12.6. The largest absolute Gasteiger partial charge is 0.493 e. The molecule has 1 aromatic rings. The molecule has 2 rings (SSSR count). The minimum Gasteiger partial charge on any atom is -0.493 e. The van der Waals surface area contributed by atoms with Gasteiger partial charge >= 0.3 is 0 Å². The summed E-state index contributed by atoms with van der Waals surface area (Å²) in [6.45, 7) is 6.44. The SMILES string of the molecule is COc1ccc(CC(=O)N2CCC(CS(=O)(=O)C(C)(C)C)CC2)cc1OC. The fourth-order valence-corrected chi connectivity index (χ4v) is 4.64. The van der Waals surface area contributed by atoms with E-state index in [1.165, 1.54) is 0 Å². The van der Waals surface area contributed by atoms with Gasteiger partial charge in [0.1, 0.15) is 0 Å². The van der Waals surface area contributed by atoms with Crippen molar-refractivity contribution >= 4 is 15.7 Å². The Morgan fingerprint density at radius 3 is 2.22 bits per heavy atom. The van der Waals surface area contributed by atoms with Crippen LogP contribution in [0.1, 0.15) is 39.2 Å². The van der Waals surface area contributed by atoms with Crippen molar-refractivity contribution in [2.45, 2.75) is 44.8 Å². The molecular weight excluding hydrogens is 366 g/mol. The third-order valence-electron chi connectivity index (χ3n) is 5.16. The van der Waals surface area contributed by atoms with Crippen LogP contribution in [0.2, 0.25) is 0 Å². The molecule has 0 aliphatic carbocycles. The quantitative estimate of drug-likeness (QED) is 0.738. The molecule has 0 atom stereocenters. The molecule has 6 nitrogen and oxygen atoms in total. The number of nitrogens with zero attached hydrogens (tertiary/aromatic N) is 1. The number of piperidine rings is 1. The number of methoxy groups -OCH3 is 2. The summed E-state index contributed by atoms with van der Waals surface area (Å²) in [6, 6.07) is 5.48. The molecule has 27 heavy (non-hydrogen) atoms. The van der Waals surface area contributed by atoms with Gasteiger partial charge < -0.3 is 14.4 Å². The molecule has 0 spiro atoms. The summed E-state index contributed by atoms with van der Waals surface area (Å²) in [4.78, 5) is 14.4. The van der Waals surface area contributed by atoms with Gasteiger partial charge in [-0.2, -0.15) is 0 Å².